The third kappa shape index (κ3) is 4.00. The zero-order valence-electron chi connectivity index (χ0n) is 18.4. The van der Waals surface area contributed by atoms with Gasteiger partial charge in [0.05, 0.1) is 35.7 Å². The van der Waals surface area contributed by atoms with Crippen LogP contribution in [0.5, 0.6) is 0 Å². The fraction of sp³-hybridized carbons (Fsp3) is 0.208. The molecule has 170 valence electrons. The third-order valence-corrected chi connectivity index (χ3v) is 5.60. The number of ether oxygens (including phenoxy) is 1. The first-order valence-corrected chi connectivity index (χ1v) is 10.7. The fourth-order valence-corrected chi connectivity index (χ4v) is 3.91. The van der Waals surface area contributed by atoms with Crippen LogP contribution in [0, 0.1) is 11.3 Å². The summed E-state index contributed by atoms with van der Waals surface area (Å²) in [6, 6.07) is 13.4. The van der Waals surface area contributed by atoms with Crippen LogP contribution in [0.25, 0.3) is 16.9 Å². The van der Waals surface area contributed by atoms with Gasteiger partial charge in [-0.1, -0.05) is 30.3 Å². The van der Waals surface area contributed by atoms with Crippen LogP contribution >= 0.6 is 0 Å². The van der Waals surface area contributed by atoms with E-state index in [9.17, 15) is 14.9 Å². The normalized spacial score (nSPS) is 13.6. The molecule has 1 aliphatic heterocycles. The van der Waals surface area contributed by atoms with E-state index in [-0.39, 0.29) is 22.7 Å². The highest BCUT2D eigenvalue weighted by molar-refractivity contribution is 6.11. The number of nitrogens with one attached hydrogen (secondary N) is 1. The Labute approximate surface area is 195 Å². The zero-order chi connectivity index (χ0) is 23.7. The van der Waals surface area contributed by atoms with Gasteiger partial charge in [-0.25, -0.2) is 4.98 Å². The van der Waals surface area contributed by atoms with Crippen molar-refractivity contribution >= 4 is 23.1 Å². The first-order valence-electron chi connectivity index (χ1n) is 10.7. The second-order valence-electron chi connectivity index (χ2n) is 7.89. The number of amides is 2. The van der Waals surface area contributed by atoms with Crippen molar-refractivity contribution in [2.75, 3.05) is 31.6 Å². The molecule has 5 rings (SSSR count). The molecule has 0 spiro atoms. The maximum Gasteiger partial charge on any atom is 0.277 e. The second kappa shape index (κ2) is 8.80. The number of hydrogen-bond donors (Lipinski definition) is 1. The van der Waals surface area contributed by atoms with Crippen LogP contribution in [0.1, 0.15) is 26.4 Å². The lowest BCUT2D eigenvalue weighted by Crippen LogP contribution is -2.41. The van der Waals surface area contributed by atoms with Gasteiger partial charge in [-0.15, -0.1) is 0 Å². The van der Waals surface area contributed by atoms with Crippen molar-refractivity contribution < 1.29 is 14.3 Å². The van der Waals surface area contributed by atoms with E-state index in [0.717, 1.165) is 11.3 Å². The van der Waals surface area contributed by atoms with E-state index in [1.165, 1.54) is 10.9 Å². The molecular formula is C24H21N7O3. The number of fused-ring (bicyclic) bond motifs is 1. The number of carbonyl (C=O) groups is 2. The van der Waals surface area contributed by atoms with Gasteiger partial charge in [-0.3, -0.25) is 14.3 Å². The number of nitrogens with zero attached hydrogens (tertiary/aromatic N) is 6. The summed E-state index contributed by atoms with van der Waals surface area (Å²) >= 11 is 0. The van der Waals surface area contributed by atoms with Gasteiger partial charge in [-0.05, 0) is 0 Å². The Morgan fingerprint density at radius 1 is 1.12 bits per heavy atom. The highest BCUT2D eigenvalue weighted by Crippen LogP contribution is 2.24. The van der Waals surface area contributed by atoms with Gasteiger partial charge in [0, 0.05) is 50.4 Å². The number of imidazole rings is 1. The van der Waals surface area contributed by atoms with E-state index in [4.69, 9.17) is 4.74 Å². The maximum atomic E-state index is 13.1. The Morgan fingerprint density at radius 2 is 1.88 bits per heavy atom. The van der Waals surface area contributed by atoms with Gasteiger partial charge in [0.2, 0.25) is 0 Å². The van der Waals surface area contributed by atoms with E-state index < -0.39 is 5.91 Å². The molecule has 1 aromatic carbocycles. The Bertz CT molecular complexity index is 1430. The first kappa shape index (κ1) is 21.4. The van der Waals surface area contributed by atoms with Gasteiger partial charge < -0.3 is 19.4 Å². The lowest BCUT2D eigenvalue weighted by molar-refractivity contribution is 0.0302. The number of carbonyl (C=O) groups excluding carboxylic acids is 2. The van der Waals surface area contributed by atoms with Crippen LogP contribution in [-0.2, 0) is 11.8 Å². The average Bonchev–Trinajstić information content (AvgIpc) is 3.47. The molecule has 0 aliphatic carbocycles. The Morgan fingerprint density at radius 3 is 2.62 bits per heavy atom. The number of aryl methyl sites for hydroxylation is 1. The lowest BCUT2D eigenvalue weighted by atomic mass is 10.2. The highest BCUT2D eigenvalue weighted by atomic mass is 16.5. The average molecular weight is 455 g/mol. The van der Waals surface area contributed by atoms with Crippen molar-refractivity contribution in [2.45, 2.75) is 0 Å². The standard InChI is InChI=1S/C24H21N7O3/c1-29-14-18(24(33)30-7-9-34-10-8-30)22(28-29)23(32)27-19-11-21-26-20(16-5-3-2-4-6-16)15-31(21)13-17(19)12-25/h2-6,11,13-15H,7-10H2,1H3,(H,27,32). The first-order chi connectivity index (χ1) is 16.5. The van der Waals surface area contributed by atoms with Crippen molar-refractivity contribution in [3.05, 3.63) is 71.8 Å². The largest absolute Gasteiger partial charge is 0.378 e. The van der Waals surface area contributed by atoms with Gasteiger partial charge in [-0.2, -0.15) is 10.4 Å². The predicted molar refractivity (Wildman–Crippen MR) is 123 cm³/mol. The number of rotatable bonds is 4. The quantitative estimate of drug-likeness (QED) is 0.505. The second-order valence-corrected chi connectivity index (χ2v) is 7.89. The molecule has 0 atom stereocenters. The molecule has 1 aliphatic rings. The molecule has 10 nitrogen and oxygen atoms in total. The van der Waals surface area contributed by atoms with E-state index in [1.807, 2.05) is 36.5 Å². The van der Waals surface area contributed by atoms with Gasteiger partial charge in [0.25, 0.3) is 11.8 Å². The molecule has 34 heavy (non-hydrogen) atoms. The molecule has 1 N–H and O–H groups in total. The smallest absolute Gasteiger partial charge is 0.277 e. The van der Waals surface area contributed by atoms with E-state index in [0.29, 0.717) is 37.6 Å². The number of morpholine rings is 1. The summed E-state index contributed by atoms with van der Waals surface area (Å²) in [4.78, 5) is 32.4. The Hall–Kier alpha value is -4.49. The number of hydrogen-bond acceptors (Lipinski definition) is 6. The van der Waals surface area contributed by atoms with Crippen molar-refractivity contribution in [1.82, 2.24) is 24.1 Å². The van der Waals surface area contributed by atoms with Crippen LogP contribution in [-0.4, -0.2) is 62.2 Å². The minimum Gasteiger partial charge on any atom is -0.378 e. The molecule has 4 heterocycles. The third-order valence-electron chi connectivity index (χ3n) is 5.60. The molecule has 3 aromatic heterocycles. The van der Waals surface area contributed by atoms with Crippen molar-refractivity contribution in [3.63, 3.8) is 0 Å². The predicted octanol–water partition coefficient (Wildman–Crippen LogP) is 2.33. The minimum absolute atomic E-state index is 0.00364. The summed E-state index contributed by atoms with van der Waals surface area (Å²) in [5.41, 5.74) is 3.00. The van der Waals surface area contributed by atoms with Gasteiger partial charge >= 0.3 is 0 Å². The SMILES string of the molecule is Cn1cc(C(=O)N2CCOCC2)c(C(=O)Nc2cc3nc(-c4ccccc4)cn3cc2C#N)n1. The summed E-state index contributed by atoms with van der Waals surface area (Å²) in [6.07, 6.45) is 4.97. The minimum atomic E-state index is -0.576. The molecule has 0 radical (unpaired) electrons. The summed E-state index contributed by atoms with van der Waals surface area (Å²) in [5.74, 6) is -0.855. The van der Waals surface area contributed by atoms with Gasteiger partial charge in [0.15, 0.2) is 5.69 Å². The van der Waals surface area contributed by atoms with E-state index in [2.05, 4.69) is 21.5 Å². The topological polar surface area (TPSA) is 118 Å². The molecule has 0 unspecified atom stereocenters. The van der Waals surface area contributed by atoms with E-state index >= 15 is 0 Å². The maximum absolute atomic E-state index is 13.1. The number of benzene rings is 1. The summed E-state index contributed by atoms with van der Waals surface area (Å²) < 4.78 is 8.47. The number of pyridine rings is 1. The molecule has 0 saturated carbocycles. The van der Waals surface area contributed by atoms with Crippen LogP contribution in [0.15, 0.2) is 55.0 Å². The van der Waals surface area contributed by atoms with Crippen molar-refractivity contribution in [3.8, 4) is 17.3 Å². The highest BCUT2D eigenvalue weighted by Gasteiger charge is 2.27. The van der Waals surface area contributed by atoms with Gasteiger partial charge in [0.1, 0.15) is 11.7 Å². The summed E-state index contributed by atoms with van der Waals surface area (Å²) in [7, 11) is 1.65. The fourth-order valence-electron chi connectivity index (χ4n) is 3.91. The molecule has 10 heteroatoms. The van der Waals surface area contributed by atoms with Crippen molar-refractivity contribution in [1.29, 1.82) is 5.26 Å². The molecular weight excluding hydrogens is 434 g/mol. The molecule has 2 amide bonds. The molecule has 1 saturated heterocycles. The summed E-state index contributed by atoms with van der Waals surface area (Å²) in [6.45, 7) is 1.81. The lowest BCUT2D eigenvalue weighted by Gasteiger charge is -2.26. The summed E-state index contributed by atoms with van der Waals surface area (Å²) in [5, 5.41) is 16.6. The number of aromatic nitrogens is 4. The number of nitriles is 1. The molecule has 0 bridgehead atoms. The molecule has 4 aromatic rings. The Balaban J connectivity index is 1.46. The monoisotopic (exact) mass is 455 g/mol. The van der Waals surface area contributed by atoms with Crippen LogP contribution in [0.4, 0.5) is 5.69 Å². The van der Waals surface area contributed by atoms with Crippen LogP contribution in [0.2, 0.25) is 0 Å². The van der Waals surface area contributed by atoms with Crippen molar-refractivity contribution in [2.24, 2.45) is 7.05 Å². The zero-order valence-corrected chi connectivity index (χ0v) is 18.4. The van der Waals surface area contributed by atoms with E-state index in [1.54, 1.807) is 28.6 Å². The Kier molecular flexibility index (Phi) is 5.53. The van der Waals surface area contributed by atoms with Crippen LogP contribution in [0.3, 0.4) is 0 Å². The number of anilines is 1. The molecule has 1 fully saturated rings. The van der Waals surface area contributed by atoms with Crippen LogP contribution < -0.4 is 5.32 Å².